The van der Waals surface area contributed by atoms with Gasteiger partial charge in [0, 0.05) is 11.3 Å². The summed E-state index contributed by atoms with van der Waals surface area (Å²) in [6.07, 6.45) is 3.22. The summed E-state index contributed by atoms with van der Waals surface area (Å²) in [5.74, 6) is -2.16. The molecule has 0 saturated heterocycles. The van der Waals surface area contributed by atoms with E-state index in [1.165, 1.54) is 11.1 Å². The molecule has 5 nitrogen and oxygen atoms in total. The number of fused-ring (bicyclic) bond motifs is 1. The Hall–Kier alpha value is -2.69. The summed E-state index contributed by atoms with van der Waals surface area (Å²) in [5.41, 5.74) is 3.30. The molecule has 0 fully saturated rings. The minimum Gasteiger partial charge on any atom is -0.504 e. The molecular formula is C16H15NO4. The predicted octanol–water partition coefficient (Wildman–Crippen LogP) is 2.54. The van der Waals surface area contributed by atoms with E-state index in [1.54, 1.807) is 0 Å². The molecule has 1 aliphatic carbocycles. The highest BCUT2D eigenvalue weighted by atomic mass is 16.3. The number of anilines is 1. The van der Waals surface area contributed by atoms with Crippen LogP contribution in [0, 0.1) is 0 Å². The van der Waals surface area contributed by atoms with Gasteiger partial charge in [0.2, 0.25) is 0 Å². The third kappa shape index (κ3) is 2.50. The van der Waals surface area contributed by atoms with E-state index in [2.05, 4.69) is 5.32 Å². The monoisotopic (exact) mass is 285 g/mol. The predicted molar refractivity (Wildman–Crippen MR) is 77.9 cm³/mol. The van der Waals surface area contributed by atoms with Crippen molar-refractivity contribution in [3.05, 3.63) is 47.0 Å². The zero-order valence-electron chi connectivity index (χ0n) is 11.3. The van der Waals surface area contributed by atoms with Crippen LogP contribution in [0.2, 0.25) is 0 Å². The van der Waals surface area contributed by atoms with Crippen LogP contribution in [-0.2, 0) is 12.8 Å². The second kappa shape index (κ2) is 5.01. The Morgan fingerprint density at radius 1 is 0.952 bits per heavy atom. The average molecular weight is 285 g/mol. The van der Waals surface area contributed by atoms with Crippen LogP contribution >= 0.6 is 0 Å². The van der Waals surface area contributed by atoms with Crippen molar-refractivity contribution in [3.8, 4) is 17.2 Å². The van der Waals surface area contributed by atoms with Gasteiger partial charge in [0.1, 0.15) is 0 Å². The van der Waals surface area contributed by atoms with Gasteiger partial charge in [-0.3, -0.25) is 4.79 Å². The van der Waals surface area contributed by atoms with Gasteiger partial charge < -0.3 is 20.6 Å². The summed E-state index contributed by atoms with van der Waals surface area (Å²) >= 11 is 0. The smallest absolute Gasteiger partial charge is 0.255 e. The van der Waals surface area contributed by atoms with Crippen LogP contribution < -0.4 is 5.32 Å². The van der Waals surface area contributed by atoms with Crippen molar-refractivity contribution < 1.29 is 20.1 Å². The number of phenolic OH excluding ortho intramolecular Hbond substituents is 3. The highest BCUT2D eigenvalue weighted by molar-refractivity contribution is 6.05. The molecule has 0 bridgehead atoms. The van der Waals surface area contributed by atoms with Crippen molar-refractivity contribution in [1.82, 2.24) is 0 Å². The van der Waals surface area contributed by atoms with Crippen LogP contribution in [0.15, 0.2) is 30.3 Å². The zero-order chi connectivity index (χ0) is 15.0. The number of rotatable bonds is 2. The molecule has 0 unspecified atom stereocenters. The first kappa shape index (κ1) is 13.3. The van der Waals surface area contributed by atoms with E-state index in [-0.39, 0.29) is 5.56 Å². The van der Waals surface area contributed by atoms with Crippen molar-refractivity contribution in [1.29, 1.82) is 0 Å². The van der Waals surface area contributed by atoms with E-state index in [1.807, 2.05) is 18.2 Å². The number of benzene rings is 2. The number of phenols is 3. The first-order valence-electron chi connectivity index (χ1n) is 6.72. The maximum atomic E-state index is 12.1. The van der Waals surface area contributed by atoms with Crippen LogP contribution in [0.5, 0.6) is 17.2 Å². The second-order valence-electron chi connectivity index (χ2n) is 5.15. The van der Waals surface area contributed by atoms with Crippen LogP contribution in [0.3, 0.4) is 0 Å². The number of hydrogen-bond donors (Lipinski definition) is 4. The lowest BCUT2D eigenvalue weighted by molar-refractivity contribution is 0.102. The standard InChI is InChI=1S/C16H15NO4/c18-13-7-11(8-14(19)15(13)20)16(21)17-12-5-4-9-2-1-3-10(9)6-12/h4-8,18-20H,1-3H2,(H,17,21). The quantitative estimate of drug-likeness (QED) is 0.638. The molecule has 0 saturated carbocycles. The average Bonchev–Trinajstić information content (AvgIpc) is 2.91. The van der Waals surface area contributed by atoms with Gasteiger partial charge in [-0.15, -0.1) is 0 Å². The van der Waals surface area contributed by atoms with Crippen molar-refractivity contribution >= 4 is 11.6 Å². The Morgan fingerprint density at radius 2 is 1.62 bits per heavy atom. The Balaban J connectivity index is 1.83. The van der Waals surface area contributed by atoms with Gasteiger partial charge >= 0.3 is 0 Å². The number of hydrogen-bond acceptors (Lipinski definition) is 4. The van der Waals surface area contributed by atoms with Gasteiger partial charge in [-0.25, -0.2) is 0 Å². The number of carbonyl (C=O) groups excluding carboxylic acids is 1. The van der Waals surface area contributed by atoms with Crippen molar-refractivity contribution in [2.45, 2.75) is 19.3 Å². The molecule has 5 heteroatoms. The molecule has 1 aliphatic rings. The van der Waals surface area contributed by atoms with Crippen LogP contribution in [0.25, 0.3) is 0 Å². The molecule has 108 valence electrons. The Labute approximate surface area is 121 Å². The fourth-order valence-electron chi connectivity index (χ4n) is 2.59. The molecule has 0 heterocycles. The SMILES string of the molecule is O=C(Nc1ccc2c(c1)CCC2)c1cc(O)c(O)c(O)c1. The number of carbonyl (C=O) groups is 1. The fourth-order valence-corrected chi connectivity index (χ4v) is 2.59. The van der Waals surface area contributed by atoms with Crippen molar-refractivity contribution in [3.63, 3.8) is 0 Å². The minimum absolute atomic E-state index is 0.0725. The number of aryl methyl sites for hydroxylation is 2. The summed E-state index contributed by atoms with van der Waals surface area (Å²) in [4.78, 5) is 12.1. The van der Waals surface area contributed by atoms with Gasteiger partial charge in [0.15, 0.2) is 17.2 Å². The zero-order valence-corrected chi connectivity index (χ0v) is 11.3. The normalized spacial score (nSPS) is 13.0. The van der Waals surface area contributed by atoms with Gasteiger partial charge in [0.05, 0.1) is 0 Å². The molecule has 0 spiro atoms. The molecular weight excluding hydrogens is 270 g/mol. The Bertz CT molecular complexity index is 701. The van der Waals surface area contributed by atoms with E-state index < -0.39 is 23.2 Å². The highest BCUT2D eigenvalue weighted by Crippen LogP contribution is 2.35. The molecule has 21 heavy (non-hydrogen) atoms. The summed E-state index contributed by atoms with van der Waals surface area (Å²) in [7, 11) is 0. The van der Waals surface area contributed by atoms with Gasteiger partial charge in [-0.05, 0) is 54.7 Å². The summed E-state index contributed by atoms with van der Waals surface area (Å²) in [5, 5.41) is 30.9. The van der Waals surface area contributed by atoms with E-state index in [0.29, 0.717) is 5.69 Å². The maximum absolute atomic E-state index is 12.1. The molecule has 0 aromatic heterocycles. The van der Waals surface area contributed by atoms with E-state index in [4.69, 9.17) is 0 Å². The van der Waals surface area contributed by atoms with Gasteiger partial charge in [-0.1, -0.05) is 6.07 Å². The molecule has 1 amide bonds. The highest BCUT2D eigenvalue weighted by Gasteiger charge is 2.15. The maximum Gasteiger partial charge on any atom is 0.255 e. The van der Waals surface area contributed by atoms with Crippen LogP contribution in [-0.4, -0.2) is 21.2 Å². The third-order valence-electron chi connectivity index (χ3n) is 3.69. The van der Waals surface area contributed by atoms with E-state index in [9.17, 15) is 20.1 Å². The summed E-state index contributed by atoms with van der Waals surface area (Å²) in [6, 6.07) is 8.00. The fraction of sp³-hybridized carbons (Fsp3) is 0.188. The van der Waals surface area contributed by atoms with Crippen LogP contribution in [0.4, 0.5) is 5.69 Å². The Morgan fingerprint density at radius 3 is 2.33 bits per heavy atom. The lowest BCUT2D eigenvalue weighted by Crippen LogP contribution is -2.12. The molecule has 2 aromatic carbocycles. The first-order chi connectivity index (χ1) is 10.0. The molecule has 0 radical (unpaired) electrons. The second-order valence-corrected chi connectivity index (χ2v) is 5.15. The van der Waals surface area contributed by atoms with Gasteiger partial charge in [-0.2, -0.15) is 0 Å². The topological polar surface area (TPSA) is 89.8 Å². The molecule has 3 rings (SSSR count). The minimum atomic E-state index is -0.635. The number of aromatic hydroxyl groups is 3. The lowest BCUT2D eigenvalue weighted by atomic mass is 10.1. The third-order valence-corrected chi connectivity index (χ3v) is 3.69. The van der Waals surface area contributed by atoms with Crippen molar-refractivity contribution in [2.75, 3.05) is 5.32 Å². The largest absolute Gasteiger partial charge is 0.504 e. The molecule has 2 aromatic rings. The number of amides is 1. The van der Waals surface area contributed by atoms with E-state index >= 15 is 0 Å². The van der Waals surface area contributed by atoms with Crippen molar-refractivity contribution in [2.24, 2.45) is 0 Å². The molecule has 0 aliphatic heterocycles. The summed E-state index contributed by atoms with van der Waals surface area (Å²) in [6.45, 7) is 0. The summed E-state index contributed by atoms with van der Waals surface area (Å²) < 4.78 is 0. The number of nitrogens with one attached hydrogen (secondary N) is 1. The first-order valence-corrected chi connectivity index (χ1v) is 6.72. The lowest BCUT2D eigenvalue weighted by Gasteiger charge is -2.09. The molecule has 0 atom stereocenters. The van der Waals surface area contributed by atoms with E-state index in [0.717, 1.165) is 31.4 Å². The Kier molecular flexibility index (Phi) is 3.17. The molecule has 4 N–H and O–H groups in total. The van der Waals surface area contributed by atoms with Crippen LogP contribution in [0.1, 0.15) is 27.9 Å². The van der Waals surface area contributed by atoms with Gasteiger partial charge in [0.25, 0.3) is 5.91 Å².